The predicted octanol–water partition coefficient (Wildman–Crippen LogP) is 4.42. The second-order valence-corrected chi connectivity index (χ2v) is 20.0. The Balaban J connectivity index is 1.56. The highest BCUT2D eigenvalue weighted by Gasteiger charge is 2.38. The number of nitrogens with zero attached hydrogens (tertiary/aromatic N) is 5. The van der Waals surface area contributed by atoms with Crippen molar-refractivity contribution in [1.29, 1.82) is 0 Å². The highest BCUT2D eigenvalue weighted by Crippen LogP contribution is 2.30. The largest absolute Gasteiger partial charge is 0.444 e. The lowest BCUT2D eigenvalue weighted by Gasteiger charge is -2.44. The molecule has 4 rings (SSSR count). The van der Waals surface area contributed by atoms with E-state index in [1.165, 1.54) is 4.57 Å². The topological polar surface area (TPSA) is 106 Å². The molecule has 0 aliphatic carbocycles. The lowest BCUT2D eigenvalue weighted by atomic mass is 9.99. The zero-order valence-corrected chi connectivity index (χ0v) is 28.3. The van der Waals surface area contributed by atoms with Crippen LogP contribution in [0.3, 0.4) is 0 Å². The Kier molecular flexibility index (Phi) is 9.51. The van der Waals surface area contributed by atoms with Gasteiger partial charge in [-0.1, -0.05) is 33.5 Å². The quantitative estimate of drug-likeness (QED) is 0.246. The van der Waals surface area contributed by atoms with Crippen LogP contribution in [0.15, 0.2) is 23.0 Å². The van der Waals surface area contributed by atoms with Gasteiger partial charge in [0.1, 0.15) is 18.4 Å². The molecule has 11 nitrogen and oxygen atoms in total. The summed E-state index contributed by atoms with van der Waals surface area (Å²) in [7, 11) is 0.395. The van der Waals surface area contributed by atoms with Gasteiger partial charge in [-0.15, -0.1) is 0 Å². The first-order chi connectivity index (χ1) is 20.0. The molecule has 2 saturated heterocycles. The summed E-state index contributed by atoms with van der Waals surface area (Å²) in [6.07, 6.45) is 0.145. The molecule has 2 aromatic rings. The van der Waals surface area contributed by atoms with E-state index in [0.29, 0.717) is 37.3 Å². The fourth-order valence-corrected chi connectivity index (χ4v) is 6.50. The Morgan fingerprint density at radius 3 is 2.40 bits per heavy atom. The number of imide groups is 1. The number of hydrogen-bond acceptors (Lipinski definition) is 7. The molecule has 0 bridgehead atoms. The summed E-state index contributed by atoms with van der Waals surface area (Å²) in [4.78, 5) is 57.9. The number of aromatic nitrogens is 2. The Hall–Kier alpha value is -3.12. The molecular formula is C31H49N5O6Si. The third-order valence-electron chi connectivity index (χ3n) is 8.27. The number of imidazole rings is 1. The van der Waals surface area contributed by atoms with E-state index in [1.807, 2.05) is 43.9 Å². The molecule has 238 valence electrons. The second kappa shape index (κ2) is 12.5. The average Bonchev–Trinajstić information content (AvgIpc) is 3.15. The number of likely N-dealkylation sites (tertiary alicyclic amines) is 1. The zero-order valence-electron chi connectivity index (χ0n) is 27.3. The minimum Gasteiger partial charge on any atom is -0.444 e. The summed E-state index contributed by atoms with van der Waals surface area (Å²) >= 11 is 0. The molecule has 1 aromatic heterocycles. The number of ether oxygens (including phenoxy) is 2. The van der Waals surface area contributed by atoms with Gasteiger partial charge in [-0.2, -0.15) is 0 Å². The van der Waals surface area contributed by atoms with Crippen LogP contribution in [0.2, 0.25) is 25.7 Å². The number of aryl methyl sites for hydroxylation is 1. The van der Waals surface area contributed by atoms with Crippen molar-refractivity contribution < 1.29 is 23.9 Å². The molecule has 2 aliphatic heterocycles. The Morgan fingerprint density at radius 1 is 1.07 bits per heavy atom. The minimum atomic E-state index is -1.31. The van der Waals surface area contributed by atoms with Crippen LogP contribution in [0.4, 0.5) is 10.5 Å². The number of piperidine rings is 1. The molecule has 3 heterocycles. The molecule has 0 N–H and O–H groups in total. The van der Waals surface area contributed by atoms with Gasteiger partial charge in [-0.25, -0.2) is 9.59 Å². The number of anilines is 1. The van der Waals surface area contributed by atoms with Gasteiger partial charge in [0.2, 0.25) is 5.91 Å². The molecule has 1 aromatic carbocycles. The SMILES string of the molecule is CC(C)[C@@H]1CN(c2ccc3c(c2)n(C)c(=O)n3C2CCC(=O)N(COCC[Si](C)(C)C)C2=O)CCN1C(=O)OC(C)(C)C. The number of carbonyl (C=O) groups is 3. The summed E-state index contributed by atoms with van der Waals surface area (Å²) in [6, 6.07) is 5.95. The van der Waals surface area contributed by atoms with Crippen molar-refractivity contribution in [1.82, 2.24) is 18.9 Å². The molecule has 1 unspecified atom stereocenters. The number of carbonyl (C=O) groups excluding carboxylic acids is 3. The number of amides is 3. The van der Waals surface area contributed by atoms with Gasteiger partial charge < -0.3 is 19.3 Å². The van der Waals surface area contributed by atoms with Crippen molar-refractivity contribution >= 4 is 42.7 Å². The van der Waals surface area contributed by atoms with Crippen molar-refractivity contribution in [3.8, 4) is 0 Å². The third kappa shape index (κ3) is 7.34. The Morgan fingerprint density at radius 2 is 1.77 bits per heavy atom. The third-order valence-corrected chi connectivity index (χ3v) is 9.97. The van der Waals surface area contributed by atoms with Crippen LogP contribution in [0.25, 0.3) is 11.0 Å². The summed E-state index contributed by atoms with van der Waals surface area (Å²) in [5.74, 6) is -0.456. The van der Waals surface area contributed by atoms with E-state index in [-0.39, 0.29) is 49.2 Å². The first kappa shape index (κ1) is 32.8. The normalized spacial score (nSPS) is 20.5. The van der Waals surface area contributed by atoms with E-state index >= 15 is 0 Å². The molecule has 0 saturated carbocycles. The molecular weight excluding hydrogens is 566 g/mol. The molecule has 2 fully saturated rings. The highest BCUT2D eigenvalue weighted by atomic mass is 28.3. The van der Waals surface area contributed by atoms with Crippen molar-refractivity contribution in [2.24, 2.45) is 13.0 Å². The van der Waals surface area contributed by atoms with E-state index in [9.17, 15) is 19.2 Å². The Labute approximate surface area is 255 Å². The zero-order chi connectivity index (χ0) is 31.9. The van der Waals surface area contributed by atoms with E-state index in [1.54, 1.807) is 11.6 Å². The predicted molar refractivity (Wildman–Crippen MR) is 170 cm³/mol. The van der Waals surface area contributed by atoms with Crippen LogP contribution in [-0.4, -0.2) is 89.5 Å². The average molecular weight is 616 g/mol. The van der Waals surface area contributed by atoms with Crippen LogP contribution >= 0.6 is 0 Å². The second-order valence-electron chi connectivity index (χ2n) is 14.4. The van der Waals surface area contributed by atoms with Crippen LogP contribution in [-0.2, 0) is 26.1 Å². The number of benzene rings is 1. The molecule has 2 atom stereocenters. The van der Waals surface area contributed by atoms with Gasteiger partial charge >= 0.3 is 11.8 Å². The summed E-state index contributed by atoms with van der Waals surface area (Å²) in [6.45, 7) is 18.7. The highest BCUT2D eigenvalue weighted by molar-refractivity contribution is 6.76. The van der Waals surface area contributed by atoms with Crippen molar-refractivity contribution in [3.63, 3.8) is 0 Å². The number of rotatable bonds is 8. The summed E-state index contributed by atoms with van der Waals surface area (Å²) < 4.78 is 14.5. The molecule has 2 aliphatic rings. The van der Waals surface area contributed by atoms with Gasteiger partial charge in [0, 0.05) is 53.5 Å². The lowest BCUT2D eigenvalue weighted by Crippen LogP contribution is -2.58. The summed E-state index contributed by atoms with van der Waals surface area (Å²) in [5, 5.41) is 0. The summed E-state index contributed by atoms with van der Waals surface area (Å²) in [5.41, 5.74) is 1.44. The molecule has 12 heteroatoms. The molecule has 43 heavy (non-hydrogen) atoms. The van der Waals surface area contributed by atoms with Crippen LogP contribution in [0.5, 0.6) is 0 Å². The fraction of sp³-hybridized carbons (Fsp3) is 0.677. The van der Waals surface area contributed by atoms with Gasteiger partial charge in [0.25, 0.3) is 5.91 Å². The van der Waals surface area contributed by atoms with Crippen molar-refractivity contribution in [2.45, 2.75) is 90.8 Å². The van der Waals surface area contributed by atoms with Gasteiger partial charge in [0.15, 0.2) is 0 Å². The van der Waals surface area contributed by atoms with Crippen molar-refractivity contribution in [2.75, 3.05) is 37.9 Å². The maximum absolute atomic E-state index is 13.5. The van der Waals surface area contributed by atoms with Crippen LogP contribution in [0.1, 0.15) is 53.5 Å². The smallest absolute Gasteiger partial charge is 0.410 e. The Bertz CT molecular complexity index is 1420. The monoisotopic (exact) mass is 615 g/mol. The van der Waals surface area contributed by atoms with Crippen molar-refractivity contribution in [3.05, 3.63) is 28.7 Å². The van der Waals surface area contributed by atoms with Gasteiger partial charge in [-0.3, -0.25) is 23.6 Å². The van der Waals surface area contributed by atoms with Crippen LogP contribution in [0, 0.1) is 5.92 Å². The van der Waals surface area contributed by atoms with Gasteiger partial charge in [0.05, 0.1) is 17.1 Å². The standard InChI is InChI=1S/C31H49N5O6Si/c1-21(2)26-19-33(14-15-34(26)30(40)42-31(3,4)5)22-10-11-23-25(18-22)32(6)29(39)36(23)24-12-13-27(37)35(28(24)38)20-41-16-17-43(7,8)9/h10-11,18,21,24,26H,12-17,19-20H2,1-9H3/t24?,26-/m0/s1. The lowest BCUT2D eigenvalue weighted by molar-refractivity contribution is -0.157. The van der Waals surface area contributed by atoms with E-state index in [4.69, 9.17) is 9.47 Å². The molecule has 3 amide bonds. The minimum absolute atomic E-state index is 0.0379. The fourth-order valence-electron chi connectivity index (χ4n) is 5.74. The van der Waals surface area contributed by atoms with Crippen LogP contribution < -0.4 is 10.6 Å². The van der Waals surface area contributed by atoms with E-state index in [0.717, 1.165) is 16.6 Å². The first-order valence-electron chi connectivity index (χ1n) is 15.4. The maximum Gasteiger partial charge on any atom is 0.410 e. The van der Waals surface area contributed by atoms with Gasteiger partial charge in [-0.05, 0) is 57.4 Å². The molecule has 0 radical (unpaired) electrons. The number of hydrogen-bond donors (Lipinski definition) is 0. The van der Waals surface area contributed by atoms with E-state index < -0.39 is 25.6 Å². The van der Waals surface area contributed by atoms with E-state index in [2.05, 4.69) is 38.4 Å². The molecule has 0 spiro atoms. The number of piperazine rings is 1. The maximum atomic E-state index is 13.5. The number of fused-ring (bicyclic) bond motifs is 1. The first-order valence-corrected chi connectivity index (χ1v) is 19.1.